The second kappa shape index (κ2) is 21.1. The summed E-state index contributed by atoms with van der Waals surface area (Å²) in [6.07, 6.45) is -13.4. The Labute approximate surface area is 372 Å². The van der Waals surface area contributed by atoms with Gasteiger partial charge in [0, 0.05) is 16.7 Å². The molecule has 2 heterocycles. The summed E-state index contributed by atoms with van der Waals surface area (Å²) in [6, 6.07) is 22.8. The van der Waals surface area contributed by atoms with Crippen LogP contribution in [0.15, 0.2) is 97.1 Å². The maximum Gasteiger partial charge on any atom is 0.534 e. The molecule has 4 aromatic carbocycles. The van der Waals surface area contributed by atoms with Crippen molar-refractivity contribution in [1.29, 1.82) is 0 Å². The third-order valence-electron chi connectivity index (χ3n) is 9.60. The number of aliphatic hydroxyl groups excluding tert-OH is 8. The lowest BCUT2D eigenvalue weighted by atomic mass is 9.94. The van der Waals surface area contributed by atoms with Gasteiger partial charge >= 0.3 is 31.3 Å². The Morgan fingerprint density at radius 2 is 0.985 bits per heavy atom. The van der Waals surface area contributed by atoms with Crippen molar-refractivity contribution < 1.29 is 102 Å². The van der Waals surface area contributed by atoms with Crippen molar-refractivity contribution in [2.75, 3.05) is 13.2 Å². The van der Waals surface area contributed by atoms with E-state index in [2.05, 4.69) is 32.0 Å². The van der Waals surface area contributed by atoms with Crippen LogP contribution in [0.1, 0.15) is 11.1 Å². The molecular weight excluding hydrogens is 939 g/mol. The standard InChI is InChI=1S/C28H30O10.C14H8F6O6S2/c29-13-21-25(33)27(35)23(31)19(37-21)10-7-15-6-8-17(18(12-15)16-4-2-1-3-5-16)9-11-20-24(32)28(36)26(34)22(14-30)38-20;15-13(16,17)27(21,22)25-10-6-7-12(26-28(23,24)14(18,19)20)11(8-10)9-4-2-1-3-5-9/h1-6,8,12,19-36H,13-14H2;1-8H/t19-,20-,21-,22-,23-,24-,25-,26-,27-,28-;/m1./s1. The molecular formula is C42H38F6O16S2. The van der Waals surface area contributed by atoms with Gasteiger partial charge in [-0.1, -0.05) is 84.3 Å². The second-order valence-electron chi connectivity index (χ2n) is 14.2. The molecule has 10 atom stereocenters. The number of rotatable bonds is 8. The molecule has 24 heteroatoms. The number of aliphatic hydroxyl groups is 8. The van der Waals surface area contributed by atoms with Crippen LogP contribution in [-0.4, -0.2) is 143 Å². The number of benzene rings is 4. The van der Waals surface area contributed by atoms with Gasteiger partial charge < -0.3 is 58.7 Å². The molecule has 2 aliphatic rings. The van der Waals surface area contributed by atoms with Crippen molar-refractivity contribution in [1.82, 2.24) is 0 Å². The molecule has 6 rings (SSSR count). The molecule has 8 N–H and O–H groups in total. The third kappa shape index (κ3) is 12.2. The molecule has 2 fully saturated rings. The summed E-state index contributed by atoms with van der Waals surface area (Å²) < 4.78 is 138. The van der Waals surface area contributed by atoms with E-state index in [-0.39, 0.29) is 5.56 Å². The van der Waals surface area contributed by atoms with Gasteiger partial charge in [0.2, 0.25) is 0 Å². The third-order valence-corrected chi connectivity index (χ3v) is 11.5. The predicted molar refractivity (Wildman–Crippen MR) is 216 cm³/mol. The van der Waals surface area contributed by atoms with Gasteiger partial charge in [-0.2, -0.15) is 43.2 Å². The molecule has 0 bridgehead atoms. The van der Waals surface area contributed by atoms with Gasteiger partial charge in [-0.15, -0.1) is 0 Å². The summed E-state index contributed by atoms with van der Waals surface area (Å²) >= 11 is 0. The molecule has 0 amide bonds. The Morgan fingerprint density at radius 1 is 0.530 bits per heavy atom. The minimum atomic E-state index is -6.09. The number of hydrogen-bond donors (Lipinski definition) is 8. The Balaban J connectivity index is 0.000000260. The van der Waals surface area contributed by atoms with Crippen LogP contribution in [0.25, 0.3) is 22.3 Å². The van der Waals surface area contributed by atoms with Gasteiger partial charge in [-0.05, 0) is 53.1 Å². The molecule has 66 heavy (non-hydrogen) atoms. The Bertz CT molecular complexity index is 2650. The summed E-state index contributed by atoms with van der Waals surface area (Å²) in [6.45, 7) is -1.11. The molecule has 4 aromatic rings. The Hall–Kier alpha value is -5.32. The molecule has 356 valence electrons. The van der Waals surface area contributed by atoms with Crippen molar-refractivity contribution in [2.45, 2.75) is 72.1 Å². The van der Waals surface area contributed by atoms with E-state index >= 15 is 0 Å². The van der Waals surface area contributed by atoms with Crippen LogP contribution in [0.4, 0.5) is 26.3 Å². The van der Waals surface area contributed by atoms with Crippen LogP contribution in [-0.2, 0) is 29.7 Å². The van der Waals surface area contributed by atoms with Crippen LogP contribution in [0, 0.1) is 23.7 Å². The largest absolute Gasteiger partial charge is 0.534 e. The number of ether oxygens (including phenoxy) is 2. The SMILES string of the molecule is O=S(=O)(Oc1ccc(OS(=O)(=O)C(F)(F)F)c(-c2ccccc2)c1)C(F)(F)F.OC[C@H]1O[C@H](C#Cc2ccc(C#C[C@H]3O[C@H](CO)[C@@H](O)[C@H](O)[C@@H]3O)c(-c3ccccc3)c2)[C@@H](O)[C@@H](O)[C@@H]1O. The van der Waals surface area contributed by atoms with Crippen LogP contribution in [0.2, 0.25) is 0 Å². The van der Waals surface area contributed by atoms with E-state index in [9.17, 15) is 84.0 Å². The normalized spacial score (nSPS) is 25.7. The van der Waals surface area contributed by atoms with Crippen LogP contribution in [0.3, 0.4) is 0 Å². The summed E-state index contributed by atoms with van der Waals surface area (Å²) in [5.41, 5.74) is -9.39. The highest BCUT2D eigenvalue weighted by Crippen LogP contribution is 2.38. The van der Waals surface area contributed by atoms with Crippen LogP contribution in [0.5, 0.6) is 11.5 Å². The molecule has 0 spiro atoms. The van der Waals surface area contributed by atoms with E-state index in [1.165, 1.54) is 30.3 Å². The maximum atomic E-state index is 12.5. The summed E-state index contributed by atoms with van der Waals surface area (Å²) in [5, 5.41) is 79.3. The summed E-state index contributed by atoms with van der Waals surface area (Å²) in [5.74, 6) is 9.52. The van der Waals surface area contributed by atoms with Crippen molar-refractivity contribution in [2.24, 2.45) is 0 Å². The highest BCUT2D eigenvalue weighted by atomic mass is 32.2. The van der Waals surface area contributed by atoms with Crippen molar-refractivity contribution >= 4 is 20.2 Å². The number of halogens is 6. The van der Waals surface area contributed by atoms with Gasteiger partial charge in [-0.3, -0.25) is 0 Å². The zero-order chi connectivity index (χ0) is 48.8. The summed E-state index contributed by atoms with van der Waals surface area (Å²) in [4.78, 5) is 0. The average Bonchev–Trinajstić information content (AvgIpc) is 3.27. The number of alkyl halides is 6. The fourth-order valence-corrected chi connectivity index (χ4v) is 7.08. The minimum Gasteiger partial charge on any atom is -0.394 e. The quantitative estimate of drug-likeness (QED) is 0.0539. The second-order valence-corrected chi connectivity index (χ2v) is 17.2. The molecule has 0 saturated carbocycles. The van der Waals surface area contributed by atoms with Crippen molar-refractivity contribution in [3.63, 3.8) is 0 Å². The molecule has 0 unspecified atom stereocenters. The zero-order valence-corrected chi connectivity index (χ0v) is 35.0. The topological polar surface area (TPSA) is 267 Å². The lowest BCUT2D eigenvalue weighted by Gasteiger charge is -2.37. The highest BCUT2D eigenvalue weighted by Gasteiger charge is 2.50. The number of hydrogen-bond acceptors (Lipinski definition) is 16. The van der Waals surface area contributed by atoms with E-state index < -0.39 is 123 Å². The molecule has 0 aromatic heterocycles. The summed E-state index contributed by atoms with van der Waals surface area (Å²) in [7, 11) is -12.2. The first-order valence-electron chi connectivity index (χ1n) is 18.9. The van der Waals surface area contributed by atoms with Crippen molar-refractivity contribution in [3.8, 4) is 57.4 Å². The van der Waals surface area contributed by atoms with Gasteiger partial charge in [0.1, 0.15) is 66.8 Å². The van der Waals surface area contributed by atoms with E-state index in [1.807, 2.05) is 30.3 Å². The lowest BCUT2D eigenvalue weighted by molar-refractivity contribution is -0.214. The molecule has 2 aliphatic heterocycles. The monoisotopic (exact) mass is 976 g/mol. The van der Waals surface area contributed by atoms with Gasteiger partial charge in [-0.25, -0.2) is 0 Å². The fourth-order valence-electron chi connectivity index (χ4n) is 6.15. The first kappa shape index (κ1) is 51.7. The van der Waals surface area contributed by atoms with Gasteiger partial charge in [0.15, 0.2) is 5.75 Å². The Morgan fingerprint density at radius 3 is 1.45 bits per heavy atom. The maximum absolute atomic E-state index is 12.5. The first-order chi connectivity index (χ1) is 30.9. The van der Waals surface area contributed by atoms with Gasteiger partial charge in [0.25, 0.3) is 0 Å². The highest BCUT2D eigenvalue weighted by molar-refractivity contribution is 7.88. The van der Waals surface area contributed by atoms with Crippen LogP contribution < -0.4 is 8.37 Å². The smallest absolute Gasteiger partial charge is 0.394 e. The average molecular weight is 977 g/mol. The molecule has 0 aliphatic carbocycles. The molecule has 2 saturated heterocycles. The van der Waals surface area contributed by atoms with E-state index in [0.717, 1.165) is 5.56 Å². The minimum absolute atomic E-state index is 0.0183. The molecule has 16 nitrogen and oxygen atoms in total. The zero-order valence-electron chi connectivity index (χ0n) is 33.4. The fraction of sp³-hybridized carbons (Fsp3) is 0.333. The molecule has 0 radical (unpaired) electrons. The van der Waals surface area contributed by atoms with E-state index in [0.29, 0.717) is 34.9 Å². The first-order valence-corrected chi connectivity index (χ1v) is 21.7. The predicted octanol–water partition coefficient (Wildman–Crippen LogP) is 1.55. The Kier molecular flexibility index (Phi) is 16.5. The van der Waals surface area contributed by atoms with Gasteiger partial charge in [0.05, 0.1) is 13.2 Å². The van der Waals surface area contributed by atoms with E-state index in [4.69, 9.17) is 9.47 Å². The van der Waals surface area contributed by atoms with Crippen molar-refractivity contribution in [3.05, 3.63) is 108 Å². The van der Waals surface area contributed by atoms with E-state index in [1.54, 1.807) is 18.2 Å². The van der Waals surface area contributed by atoms with Crippen LogP contribution >= 0.6 is 0 Å². The lowest BCUT2D eigenvalue weighted by Crippen LogP contribution is -2.58.